The molecule has 1 aromatic rings. The van der Waals surface area contributed by atoms with Crippen molar-refractivity contribution in [2.75, 3.05) is 11.9 Å². The van der Waals surface area contributed by atoms with E-state index in [0.29, 0.717) is 0 Å². The maximum atomic E-state index is 3.40. The predicted octanol–water partition coefficient (Wildman–Crippen LogP) is 3.77. The van der Waals surface area contributed by atoms with Crippen molar-refractivity contribution in [3.63, 3.8) is 0 Å². The van der Waals surface area contributed by atoms with Gasteiger partial charge in [-0.05, 0) is 37.0 Å². The number of hydrogen-bond acceptors (Lipinski definition) is 1. The topological polar surface area (TPSA) is 12.0 Å². The van der Waals surface area contributed by atoms with Crippen molar-refractivity contribution in [2.24, 2.45) is 0 Å². The molecule has 0 amide bonds. The zero-order valence-electron chi connectivity index (χ0n) is 9.56. The summed E-state index contributed by atoms with van der Waals surface area (Å²) < 4.78 is 0. The van der Waals surface area contributed by atoms with Crippen molar-refractivity contribution >= 4 is 5.69 Å². The number of nitrogens with one attached hydrogen (secondary N) is 1. The van der Waals surface area contributed by atoms with E-state index in [1.165, 1.54) is 36.1 Å². The van der Waals surface area contributed by atoms with Gasteiger partial charge in [-0.1, -0.05) is 32.4 Å². The molecule has 0 spiro atoms. The number of benzene rings is 1. The number of aryl methyl sites for hydroxylation is 2. The van der Waals surface area contributed by atoms with E-state index in [0.717, 1.165) is 6.54 Å². The summed E-state index contributed by atoms with van der Waals surface area (Å²) in [5, 5.41) is 3.40. The third-order valence-corrected chi connectivity index (χ3v) is 2.20. The normalized spacial score (nSPS) is 13.4. The van der Waals surface area contributed by atoms with Crippen LogP contribution in [0.3, 0.4) is 0 Å². The molecule has 2 rings (SSSR count). The first-order chi connectivity index (χ1) is 6.77. The van der Waals surface area contributed by atoms with Gasteiger partial charge in [-0.3, -0.25) is 0 Å². The Hall–Kier alpha value is -0.980. The molecule has 0 fully saturated rings. The van der Waals surface area contributed by atoms with Gasteiger partial charge in [0.15, 0.2) is 0 Å². The summed E-state index contributed by atoms with van der Waals surface area (Å²) in [6, 6.07) is 6.65. The third kappa shape index (κ3) is 3.06. The molecule has 1 N–H and O–H groups in total. The second-order valence-electron chi connectivity index (χ2n) is 3.90. The lowest BCUT2D eigenvalue weighted by atomic mass is 10.0. The maximum absolute atomic E-state index is 3.40. The van der Waals surface area contributed by atoms with Gasteiger partial charge in [0, 0.05) is 12.2 Å². The first kappa shape index (κ1) is 11.1. The van der Waals surface area contributed by atoms with Crippen molar-refractivity contribution in [1.29, 1.82) is 0 Å². The van der Waals surface area contributed by atoms with Gasteiger partial charge >= 0.3 is 0 Å². The van der Waals surface area contributed by atoms with E-state index in [-0.39, 0.29) is 0 Å². The molecule has 0 saturated heterocycles. The van der Waals surface area contributed by atoms with Crippen LogP contribution in [0.25, 0.3) is 0 Å². The molecule has 0 saturated carbocycles. The quantitative estimate of drug-likeness (QED) is 0.658. The largest absolute Gasteiger partial charge is 0.385 e. The molecule has 1 nitrogen and oxygen atoms in total. The predicted molar refractivity (Wildman–Crippen MR) is 64.0 cm³/mol. The van der Waals surface area contributed by atoms with Crippen LogP contribution in [0, 0.1) is 6.92 Å². The molecule has 1 aromatic carbocycles. The highest BCUT2D eigenvalue weighted by molar-refractivity contribution is 5.54. The lowest BCUT2D eigenvalue weighted by Gasteiger charge is -2.17. The smallest absolute Gasteiger partial charge is 0.0375 e. The van der Waals surface area contributed by atoms with Gasteiger partial charge in [-0.25, -0.2) is 0 Å². The second-order valence-corrected chi connectivity index (χ2v) is 3.90. The van der Waals surface area contributed by atoms with Crippen LogP contribution in [-0.2, 0) is 6.42 Å². The Morgan fingerprint density at radius 2 is 2.00 bits per heavy atom. The molecule has 1 heteroatoms. The van der Waals surface area contributed by atoms with Crippen LogP contribution in [-0.4, -0.2) is 6.54 Å². The summed E-state index contributed by atoms with van der Waals surface area (Å²) in [7, 11) is 0. The average Bonchev–Trinajstić information content (AvgIpc) is 2.19. The van der Waals surface area contributed by atoms with Gasteiger partial charge < -0.3 is 5.32 Å². The monoisotopic (exact) mass is 191 g/mol. The Morgan fingerprint density at radius 3 is 2.71 bits per heavy atom. The molecular weight excluding hydrogens is 170 g/mol. The number of rotatable bonds is 0. The van der Waals surface area contributed by atoms with Crippen molar-refractivity contribution < 1.29 is 0 Å². The lowest BCUT2D eigenvalue weighted by molar-refractivity contribution is 0.829. The lowest BCUT2D eigenvalue weighted by Crippen LogP contribution is -2.11. The number of anilines is 1. The van der Waals surface area contributed by atoms with E-state index in [2.05, 4.69) is 44.3 Å². The summed E-state index contributed by atoms with van der Waals surface area (Å²) in [6.07, 6.45) is 3.76. The van der Waals surface area contributed by atoms with E-state index in [1.807, 2.05) is 0 Å². The minimum absolute atomic E-state index is 1.14. The highest BCUT2D eigenvalue weighted by atomic mass is 14.9. The molecule has 1 aliphatic heterocycles. The molecule has 14 heavy (non-hydrogen) atoms. The molecule has 0 aliphatic carbocycles. The van der Waals surface area contributed by atoms with Crippen LogP contribution in [0.15, 0.2) is 18.2 Å². The van der Waals surface area contributed by atoms with E-state index in [9.17, 15) is 0 Å². The molecule has 0 radical (unpaired) electrons. The third-order valence-electron chi connectivity index (χ3n) is 2.20. The van der Waals surface area contributed by atoms with Crippen molar-refractivity contribution in [3.8, 4) is 0 Å². The van der Waals surface area contributed by atoms with Crippen LogP contribution in [0.2, 0.25) is 0 Å². The molecular formula is C13H21N. The Kier molecular flexibility index (Phi) is 4.51. The van der Waals surface area contributed by atoms with Crippen molar-refractivity contribution in [3.05, 3.63) is 29.3 Å². The van der Waals surface area contributed by atoms with E-state index in [4.69, 9.17) is 0 Å². The van der Waals surface area contributed by atoms with Gasteiger partial charge in [0.2, 0.25) is 0 Å². The SMILES string of the molecule is CCC.Cc1ccc2c(c1)NCCC2. The Morgan fingerprint density at radius 1 is 1.29 bits per heavy atom. The summed E-state index contributed by atoms with van der Waals surface area (Å²) in [6.45, 7) is 7.52. The van der Waals surface area contributed by atoms with Gasteiger partial charge in [-0.2, -0.15) is 0 Å². The Labute approximate surface area is 87.5 Å². The zero-order valence-corrected chi connectivity index (χ0v) is 9.56. The molecule has 1 aliphatic rings. The summed E-state index contributed by atoms with van der Waals surface area (Å²) >= 11 is 0. The van der Waals surface area contributed by atoms with Crippen LogP contribution < -0.4 is 5.32 Å². The average molecular weight is 191 g/mol. The summed E-state index contributed by atoms with van der Waals surface area (Å²) in [5.74, 6) is 0. The van der Waals surface area contributed by atoms with Crippen molar-refractivity contribution in [2.45, 2.75) is 40.0 Å². The fraction of sp³-hybridized carbons (Fsp3) is 0.538. The molecule has 0 atom stereocenters. The van der Waals surface area contributed by atoms with Crippen molar-refractivity contribution in [1.82, 2.24) is 0 Å². The molecule has 0 bridgehead atoms. The second kappa shape index (κ2) is 5.69. The fourth-order valence-corrected chi connectivity index (χ4v) is 1.57. The van der Waals surface area contributed by atoms with E-state index in [1.54, 1.807) is 0 Å². The van der Waals surface area contributed by atoms with Gasteiger partial charge in [-0.15, -0.1) is 0 Å². The van der Waals surface area contributed by atoms with Gasteiger partial charge in [0.25, 0.3) is 0 Å². The van der Waals surface area contributed by atoms with Crippen LogP contribution in [0.5, 0.6) is 0 Å². The van der Waals surface area contributed by atoms with Gasteiger partial charge in [0.1, 0.15) is 0 Å². The maximum Gasteiger partial charge on any atom is 0.0375 e. The molecule has 0 unspecified atom stereocenters. The first-order valence-corrected chi connectivity index (χ1v) is 5.61. The molecule has 0 aromatic heterocycles. The first-order valence-electron chi connectivity index (χ1n) is 5.61. The Bertz CT molecular complexity index is 279. The minimum Gasteiger partial charge on any atom is -0.385 e. The van der Waals surface area contributed by atoms with Crippen LogP contribution in [0.1, 0.15) is 37.8 Å². The number of hydrogen-bond donors (Lipinski definition) is 1. The molecule has 1 heterocycles. The highest BCUT2D eigenvalue weighted by Crippen LogP contribution is 2.22. The van der Waals surface area contributed by atoms with Crippen LogP contribution in [0.4, 0.5) is 5.69 Å². The standard InChI is InChI=1S/C10H13N.C3H8/c1-8-4-5-9-3-2-6-11-10(9)7-8;1-3-2/h4-5,7,11H,2-3,6H2,1H3;3H2,1-2H3. The van der Waals surface area contributed by atoms with Crippen LogP contribution >= 0.6 is 0 Å². The summed E-state index contributed by atoms with van der Waals surface area (Å²) in [5.41, 5.74) is 4.16. The summed E-state index contributed by atoms with van der Waals surface area (Å²) in [4.78, 5) is 0. The van der Waals surface area contributed by atoms with Gasteiger partial charge in [0.05, 0.1) is 0 Å². The Balaban J connectivity index is 0.000000293. The highest BCUT2D eigenvalue weighted by Gasteiger charge is 2.06. The molecule has 78 valence electrons. The fourth-order valence-electron chi connectivity index (χ4n) is 1.57. The zero-order chi connectivity index (χ0) is 10.4. The number of fused-ring (bicyclic) bond motifs is 1. The van der Waals surface area contributed by atoms with E-state index < -0.39 is 0 Å². The minimum atomic E-state index is 1.14. The van der Waals surface area contributed by atoms with E-state index >= 15 is 0 Å².